The topological polar surface area (TPSA) is 62.3 Å². The fourth-order valence-electron chi connectivity index (χ4n) is 2.84. The number of benzene rings is 1. The standard InChI is InChI=1S/C20H21N3O2/c24-19(10-9-16-6-2-1-3-7-16)23-14-11-17(12-15-23)22-20(25)18-8-4-5-13-21-18/h1-10,13,17H,11-12,14-15H2,(H,22,25)/b10-9+. The number of hydrogen-bond acceptors (Lipinski definition) is 3. The minimum Gasteiger partial charge on any atom is -0.348 e. The van der Waals surface area contributed by atoms with Crippen molar-refractivity contribution < 1.29 is 9.59 Å². The Morgan fingerprint density at radius 2 is 1.76 bits per heavy atom. The molecular formula is C20H21N3O2. The van der Waals surface area contributed by atoms with Crippen molar-refractivity contribution in [1.82, 2.24) is 15.2 Å². The summed E-state index contributed by atoms with van der Waals surface area (Å²) in [7, 11) is 0. The number of carbonyl (C=O) groups excluding carboxylic acids is 2. The van der Waals surface area contributed by atoms with Crippen LogP contribution < -0.4 is 5.32 Å². The van der Waals surface area contributed by atoms with E-state index in [1.165, 1.54) is 0 Å². The van der Waals surface area contributed by atoms with Gasteiger partial charge in [0.05, 0.1) is 0 Å². The summed E-state index contributed by atoms with van der Waals surface area (Å²) in [6.45, 7) is 1.29. The number of piperidine rings is 1. The van der Waals surface area contributed by atoms with Crippen LogP contribution in [0.1, 0.15) is 28.9 Å². The summed E-state index contributed by atoms with van der Waals surface area (Å²) in [5.41, 5.74) is 1.43. The zero-order valence-corrected chi connectivity index (χ0v) is 14.0. The molecule has 1 aromatic heterocycles. The second-order valence-corrected chi connectivity index (χ2v) is 6.03. The van der Waals surface area contributed by atoms with Crippen molar-refractivity contribution in [3.05, 3.63) is 72.1 Å². The molecule has 1 aliphatic heterocycles. The summed E-state index contributed by atoms with van der Waals surface area (Å²) in [6, 6.07) is 15.1. The van der Waals surface area contributed by atoms with Gasteiger partial charge >= 0.3 is 0 Å². The van der Waals surface area contributed by atoms with E-state index in [2.05, 4.69) is 10.3 Å². The van der Waals surface area contributed by atoms with Crippen LogP contribution in [-0.4, -0.2) is 40.8 Å². The quantitative estimate of drug-likeness (QED) is 0.873. The van der Waals surface area contributed by atoms with Crippen LogP contribution in [0.5, 0.6) is 0 Å². The highest BCUT2D eigenvalue weighted by Gasteiger charge is 2.23. The third-order valence-corrected chi connectivity index (χ3v) is 4.26. The number of amides is 2. The molecule has 1 aliphatic rings. The minimum absolute atomic E-state index is 0.0124. The number of likely N-dealkylation sites (tertiary alicyclic amines) is 1. The molecule has 0 atom stereocenters. The van der Waals surface area contributed by atoms with Crippen LogP contribution >= 0.6 is 0 Å². The Balaban J connectivity index is 1.47. The first-order valence-corrected chi connectivity index (χ1v) is 8.46. The van der Waals surface area contributed by atoms with Crippen LogP contribution in [0.15, 0.2) is 60.8 Å². The van der Waals surface area contributed by atoms with Crippen LogP contribution in [-0.2, 0) is 4.79 Å². The van der Waals surface area contributed by atoms with E-state index in [1.807, 2.05) is 41.3 Å². The van der Waals surface area contributed by atoms with Gasteiger partial charge in [0.2, 0.25) is 5.91 Å². The molecule has 1 saturated heterocycles. The van der Waals surface area contributed by atoms with Crippen molar-refractivity contribution in [2.75, 3.05) is 13.1 Å². The maximum Gasteiger partial charge on any atom is 0.270 e. The Morgan fingerprint density at radius 3 is 2.44 bits per heavy atom. The highest BCUT2D eigenvalue weighted by atomic mass is 16.2. The van der Waals surface area contributed by atoms with E-state index in [0.717, 1.165) is 18.4 Å². The van der Waals surface area contributed by atoms with Crippen molar-refractivity contribution in [3.8, 4) is 0 Å². The van der Waals surface area contributed by atoms with Gasteiger partial charge in [-0.2, -0.15) is 0 Å². The van der Waals surface area contributed by atoms with Crippen LogP contribution in [0, 0.1) is 0 Å². The Morgan fingerprint density at radius 1 is 1.04 bits per heavy atom. The Bertz CT molecular complexity index is 736. The van der Waals surface area contributed by atoms with Crippen LogP contribution in [0.3, 0.4) is 0 Å². The number of nitrogens with zero attached hydrogens (tertiary/aromatic N) is 2. The summed E-state index contributed by atoms with van der Waals surface area (Å²) in [6.07, 6.45) is 6.56. The Kier molecular flexibility index (Phi) is 5.57. The lowest BCUT2D eigenvalue weighted by molar-refractivity contribution is -0.126. The SMILES string of the molecule is O=C(NC1CCN(C(=O)/C=C/c2ccccc2)CC1)c1ccccn1. The van der Waals surface area contributed by atoms with Gasteiger partial charge in [-0.1, -0.05) is 36.4 Å². The molecule has 0 saturated carbocycles. The van der Waals surface area contributed by atoms with Crippen LogP contribution in [0.4, 0.5) is 0 Å². The van der Waals surface area contributed by atoms with Gasteiger partial charge in [0, 0.05) is 31.4 Å². The molecule has 128 valence electrons. The highest BCUT2D eigenvalue weighted by Crippen LogP contribution is 2.12. The van der Waals surface area contributed by atoms with E-state index in [4.69, 9.17) is 0 Å². The maximum absolute atomic E-state index is 12.3. The Labute approximate surface area is 147 Å². The molecular weight excluding hydrogens is 314 g/mol. The smallest absolute Gasteiger partial charge is 0.270 e. The fourth-order valence-corrected chi connectivity index (χ4v) is 2.84. The van der Waals surface area contributed by atoms with E-state index >= 15 is 0 Å². The summed E-state index contributed by atoms with van der Waals surface area (Å²) in [5.74, 6) is -0.146. The van der Waals surface area contributed by atoms with Gasteiger partial charge in [0.25, 0.3) is 5.91 Å². The van der Waals surface area contributed by atoms with E-state index in [-0.39, 0.29) is 17.9 Å². The van der Waals surface area contributed by atoms with Gasteiger partial charge in [-0.15, -0.1) is 0 Å². The molecule has 1 aromatic carbocycles. The van der Waals surface area contributed by atoms with Gasteiger partial charge in [-0.3, -0.25) is 14.6 Å². The average molecular weight is 335 g/mol. The number of carbonyl (C=O) groups is 2. The van der Waals surface area contributed by atoms with Gasteiger partial charge in [0.15, 0.2) is 0 Å². The molecule has 2 heterocycles. The number of rotatable bonds is 4. The summed E-state index contributed by atoms with van der Waals surface area (Å²) < 4.78 is 0. The second kappa shape index (κ2) is 8.24. The average Bonchev–Trinajstić information content (AvgIpc) is 2.68. The summed E-state index contributed by atoms with van der Waals surface area (Å²) in [5, 5.41) is 3.00. The molecule has 0 unspecified atom stereocenters. The molecule has 0 radical (unpaired) electrons. The number of nitrogens with one attached hydrogen (secondary N) is 1. The van der Waals surface area contributed by atoms with E-state index in [1.54, 1.807) is 30.5 Å². The van der Waals surface area contributed by atoms with E-state index in [9.17, 15) is 9.59 Å². The minimum atomic E-state index is -0.158. The molecule has 0 aliphatic carbocycles. The first-order valence-electron chi connectivity index (χ1n) is 8.46. The first-order chi connectivity index (χ1) is 12.2. The number of hydrogen-bond donors (Lipinski definition) is 1. The second-order valence-electron chi connectivity index (χ2n) is 6.03. The van der Waals surface area contributed by atoms with Gasteiger partial charge in [-0.05, 0) is 36.6 Å². The first kappa shape index (κ1) is 16.9. The monoisotopic (exact) mass is 335 g/mol. The van der Waals surface area contributed by atoms with Crippen molar-refractivity contribution in [1.29, 1.82) is 0 Å². The molecule has 5 heteroatoms. The zero-order valence-electron chi connectivity index (χ0n) is 14.0. The maximum atomic E-state index is 12.3. The molecule has 3 rings (SSSR count). The molecule has 2 amide bonds. The lowest BCUT2D eigenvalue weighted by Gasteiger charge is -2.31. The van der Waals surface area contributed by atoms with E-state index < -0.39 is 0 Å². The molecule has 0 bridgehead atoms. The summed E-state index contributed by atoms with van der Waals surface area (Å²) in [4.78, 5) is 30.3. The molecule has 0 spiro atoms. The lowest BCUT2D eigenvalue weighted by Crippen LogP contribution is -2.46. The largest absolute Gasteiger partial charge is 0.348 e. The third-order valence-electron chi connectivity index (χ3n) is 4.26. The highest BCUT2D eigenvalue weighted by molar-refractivity contribution is 5.93. The molecule has 5 nitrogen and oxygen atoms in total. The lowest BCUT2D eigenvalue weighted by atomic mass is 10.0. The van der Waals surface area contributed by atoms with Crippen LogP contribution in [0.2, 0.25) is 0 Å². The van der Waals surface area contributed by atoms with Gasteiger partial charge in [0.1, 0.15) is 5.69 Å². The van der Waals surface area contributed by atoms with Gasteiger partial charge in [-0.25, -0.2) is 0 Å². The van der Waals surface area contributed by atoms with Gasteiger partial charge < -0.3 is 10.2 Å². The van der Waals surface area contributed by atoms with Crippen molar-refractivity contribution >= 4 is 17.9 Å². The van der Waals surface area contributed by atoms with Crippen LogP contribution in [0.25, 0.3) is 6.08 Å². The zero-order chi connectivity index (χ0) is 17.5. The van der Waals surface area contributed by atoms with E-state index in [0.29, 0.717) is 18.8 Å². The predicted molar refractivity (Wildman–Crippen MR) is 96.8 cm³/mol. The predicted octanol–water partition coefficient (Wildman–Crippen LogP) is 2.52. The molecule has 2 aromatic rings. The Hall–Kier alpha value is -2.95. The summed E-state index contributed by atoms with van der Waals surface area (Å²) >= 11 is 0. The third kappa shape index (κ3) is 4.76. The number of pyridine rings is 1. The van der Waals surface area contributed by atoms with Crippen molar-refractivity contribution in [2.24, 2.45) is 0 Å². The molecule has 1 fully saturated rings. The van der Waals surface area contributed by atoms with Crippen molar-refractivity contribution in [3.63, 3.8) is 0 Å². The molecule has 25 heavy (non-hydrogen) atoms. The normalized spacial score (nSPS) is 15.3. The number of aromatic nitrogens is 1. The molecule has 1 N–H and O–H groups in total. The van der Waals surface area contributed by atoms with Crippen molar-refractivity contribution in [2.45, 2.75) is 18.9 Å². The fraction of sp³-hybridized carbons (Fsp3) is 0.250.